The molecule has 102 valence electrons. The van der Waals surface area contributed by atoms with Crippen molar-refractivity contribution in [3.63, 3.8) is 0 Å². The third kappa shape index (κ3) is 2.62. The average molecular weight is 260 g/mol. The fraction of sp³-hybridized carbons (Fsp3) is 0.467. The van der Waals surface area contributed by atoms with Crippen LogP contribution in [0.25, 0.3) is 0 Å². The highest BCUT2D eigenvalue weighted by molar-refractivity contribution is 5.74. The lowest BCUT2D eigenvalue weighted by Gasteiger charge is -2.32. The number of nitrogens with zero attached hydrogens (tertiary/aromatic N) is 2. The van der Waals surface area contributed by atoms with Gasteiger partial charge in [-0.1, -0.05) is 38.2 Å². The van der Waals surface area contributed by atoms with Crippen LogP contribution in [-0.4, -0.2) is 20.9 Å². The Kier molecular flexibility index (Phi) is 3.60. The fourth-order valence-corrected chi connectivity index (χ4v) is 2.48. The van der Waals surface area contributed by atoms with E-state index in [-0.39, 0.29) is 0 Å². The van der Waals surface area contributed by atoms with Crippen LogP contribution in [-0.2, 0) is 16.8 Å². The molecular formula is C15H20N2O2. The molecule has 1 aromatic heterocycles. The molecule has 0 amide bonds. The molecule has 0 aromatic carbocycles. The molecule has 19 heavy (non-hydrogen) atoms. The van der Waals surface area contributed by atoms with Crippen LogP contribution in [0.4, 0.5) is 0 Å². The van der Waals surface area contributed by atoms with Crippen LogP contribution in [0, 0.1) is 11.8 Å². The second-order valence-corrected chi connectivity index (χ2v) is 5.68. The van der Waals surface area contributed by atoms with Crippen LogP contribution < -0.4 is 0 Å². The Morgan fingerprint density at radius 3 is 2.89 bits per heavy atom. The number of aliphatic carboxylic acids is 1. The van der Waals surface area contributed by atoms with Gasteiger partial charge in [0.1, 0.15) is 5.92 Å². The zero-order valence-electron chi connectivity index (χ0n) is 11.6. The molecule has 0 fully saturated rings. The summed E-state index contributed by atoms with van der Waals surface area (Å²) in [4.78, 5) is 11.4. The summed E-state index contributed by atoms with van der Waals surface area (Å²) >= 11 is 0. The van der Waals surface area contributed by atoms with Crippen molar-refractivity contribution in [2.24, 2.45) is 11.8 Å². The van der Waals surface area contributed by atoms with E-state index in [0.29, 0.717) is 5.92 Å². The highest BCUT2D eigenvalue weighted by Gasteiger charge is 2.39. The quantitative estimate of drug-likeness (QED) is 0.905. The first kappa shape index (κ1) is 13.6. The lowest BCUT2D eigenvalue weighted by atomic mass is 9.82. The Labute approximate surface area is 113 Å². The van der Waals surface area contributed by atoms with Crippen LogP contribution in [0.15, 0.2) is 36.7 Å². The van der Waals surface area contributed by atoms with Crippen LogP contribution >= 0.6 is 0 Å². The predicted molar refractivity (Wildman–Crippen MR) is 73.8 cm³/mol. The van der Waals surface area contributed by atoms with E-state index in [1.165, 1.54) is 0 Å². The smallest absolute Gasteiger partial charge is 0.313 e. The molecule has 1 aliphatic carbocycles. The second-order valence-electron chi connectivity index (χ2n) is 5.68. The van der Waals surface area contributed by atoms with Gasteiger partial charge < -0.3 is 5.11 Å². The van der Waals surface area contributed by atoms with E-state index < -0.39 is 17.4 Å². The number of rotatable bonds is 4. The third-order valence-corrected chi connectivity index (χ3v) is 3.52. The van der Waals surface area contributed by atoms with Crippen molar-refractivity contribution in [3.05, 3.63) is 42.3 Å². The molecule has 0 aliphatic heterocycles. The Morgan fingerprint density at radius 2 is 2.26 bits per heavy atom. The summed E-state index contributed by atoms with van der Waals surface area (Å²) in [6, 6.07) is 0. The molecule has 0 radical (unpaired) electrons. The third-order valence-electron chi connectivity index (χ3n) is 3.52. The van der Waals surface area contributed by atoms with Gasteiger partial charge in [0.2, 0.25) is 0 Å². The van der Waals surface area contributed by atoms with Crippen molar-refractivity contribution in [1.29, 1.82) is 0 Å². The maximum Gasteiger partial charge on any atom is 0.313 e. The van der Waals surface area contributed by atoms with Crippen molar-refractivity contribution in [2.75, 3.05) is 0 Å². The molecule has 0 bridgehead atoms. The Morgan fingerprint density at radius 1 is 1.53 bits per heavy atom. The summed E-state index contributed by atoms with van der Waals surface area (Å²) in [6.45, 7) is 6.21. The number of carboxylic acids is 1. The largest absolute Gasteiger partial charge is 0.481 e. The maximum atomic E-state index is 11.4. The molecular weight excluding hydrogens is 240 g/mol. The first-order valence-electron chi connectivity index (χ1n) is 6.56. The number of aromatic nitrogens is 2. The molecule has 0 spiro atoms. The van der Waals surface area contributed by atoms with E-state index in [2.05, 4.69) is 18.9 Å². The molecule has 1 heterocycles. The van der Waals surface area contributed by atoms with Crippen LogP contribution in [0.1, 0.15) is 26.3 Å². The zero-order valence-corrected chi connectivity index (χ0v) is 11.6. The van der Waals surface area contributed by atoms with Gasteiger partial charge in [0.15, 0.2) is 0 Å². The van der Waals surface area contributed by atoms with Crippen LogP contribution in [0.3, 0.4) is 0 Å². The van der Waals surface area contributed by atoms with Gasteiger partial charge >= 0.3 is 5.97 Å². The van der Waals surface area contributed by atoms with Gasteiger partial charge in [-0.05, 0) is 24.8 Å². The second kappa shape index (κ2) is 5.03. The van der Waals surface area contributed by atoms with Gasteiger partial charge in [-0.2, -0.15) is 5.10 Å². The normalized spacial score (nSPS) is 26.0. The van der Waals surface area contributed by atoms with Crippen molar-refractivity contribution < 1.29 is 9.90 Å². The van der Waals surface area contributed by atoms with Crippen LogP contribution in [0.2, 0.25) is 0 Å². The number of carboxylic acid groups (broad SMARTS) is 1. The van der Waals surface area contributed by atoms with E-state index in [9.17, 15) is 9.90 Å². The Hall–Kier alpha value is -1.84. The summed E-state index contributed by atoms with van der Waals surface area (Å²) in [5, 5.41) is 13.7. The molecule has 2 atom stereocenters. The molecule has 4 nitrogen and oxygen atoms in total. The standard InChI is InChI=1S/C15H20N2O2/c1-11(2)8-12-9-16-17(10-12)15(3)7-5-4-6-13(15)14(18)19/h4-7,9-11,13H,8H2,1-3H3,(H,18,19). The summed E-state index contributed by atoms with van der Waals surface area (Å²) < 4.78 is 1.77. The minimum Gasteiger partial charge on any atom is -0.481 e. The monoisotopic (exact) mass is 260 g/mol. The van der Waals surface area contributed by atoms with Gasteiger partial charge in [0.25, 0.3) is 0 Å². The lowest BCUT2D eigenvalue weighted by Crippen LogP contribution is -2.41. The highest BCUT2D eigenvalue weighted by atomic mass is 16.4. The number of allylic oxidation sites excluding steroid dienone is 3. The maximum absolute atomic E-state index is 11.4. The zero-order chi connectivity index (χ0) is 14.0. The summed E-state index contributed by atoms with van der Waals surface area (Å²) in [7, 11) is 0. The van der Waals surface area contributed by atoms with E-state index >= 15 is 0 Å². The SMILES string of the molecule is CC(C)Cc1cnn(C2(C)C=CC=CC2C(=O)O)c1. The Bertz CT molecular complexity index is 528. The Balaban J connectivity index is 2.32. The van der Waals surface area contributed by atoms with Crippen molar-refractivity contribution in [1.82, 2.24) is 9.78 Å². The van der Waals surface area contributed by atoms with E-state index in [0.717, 1.165) is 12.0 Å². The van der Waals surface area contributed by atoms with Gasteiger partial charge in [-0.15, -0.1) is 0 Å². The van der Waals surface area contributed by atoms with E-state index in [1.807, 2.05) is 31.5 Å². The first-order chi connectivity index (χ1) is 8.93. The van der Waals surface area contributed by atoms with E-state index in [1.54, 1.807) is 16.8 Å². The first-order valence-corrected chi connectivity index (χ1v) is 6.56. The topological polar surface area (TPSA) is 55.1 Å². The number of hydrogen-bond donors (Lipinski definition) is 1. The van der Waals surface area contributed by atoms with Crippen LogP contribution in [0.5, 0.6) is 0 Å². The van der Waals surface area contributed by atoms with Gasteiger partial charge in [-0.25, -0.2) is 0 Å². The van der Waals surface area contributed by atoms with Gasteiger partial charge in [-0.3, -0.25) is 9.48 Å². The molecule has 0 saturated heterocycles. The molecule has 0 saturated carbocycles. The molecule has 2 rings (SSSR count). The average Bonchev–Trinajstić information content (AvgIpc) is 2.77. The van der Waals surface area contributed by atoms with Gasteiger partial charge in [0.05, 0.1) is 11.7 Å². The number of carbonyl (C=O) groups is 1. The summed E-state index contributed by atoms with van der Waals surface area (Å²) in [5.74, 6) is -0.865. The molecule has 2 unspecified atom stereocenters. The van der Waals surface area contributed by atoms with Crippen molar-refractivity contribution >= 4 is 5.97 Å². The van der Waals surface area contributed by atoms with Gasteiger partial charge in [0, 0.05) is 6.20 Å². The molecule has 4 heteroatoms. The molecule has 1 aliphatic rings. The predicted octanol–water partition coefficient (Wildman–Crippen LogP) is 2.62. The number of hydrogen-bond acceptors (Lipinski definition) is 2. The minimum absolute atomic E-state index is 0.558. The van der Waals surface area contributed by atoms with Crippen molar-refractivity contribution in [2.45, 2.75) is 32.7 Å². The highest BCUT2D eigenvalue weighted by Crippen LogP contribution is 2.32. The lowest BCUT2D eigenvalue weighted by molar-refractivity contribution is -0.142. The summed E-state index contributed by atoms with van der Waals surface area (Å²) in [5.41, 5.74) is 0.499. The minimum atomic E-state index is -0.830. The molecule has 1 N–H and O–H groups in total. The van der Waals surface area contributed by atoms with Crippen molar-refractivity contribution in [3.8, 4) is 0 Å². The van der Waals surface area contributed by atoms with E-state index in [4.69, 9.17) is 0 Å². The fourth-order valence-electron chi connectivity index (χ4n) is 2.48. The molecule has 1 aromatic rings. The summed E-state index contributed by atoms with van der Waals surface area (Å²) in [6.07, 6.45) is 12.0.